The van der Waals surface area contributed by atoms with Crippen LogP contribution in [0.5, 0.6) is 0 Å². The van der Waals surface area contributed by atoms with E-state index in [0.29, 0.717) is 30.7 Å². The van der Waals surface area contributed by atoms with Crippen LogP contribution in [0.1, 0.15) is 48.0 Å². The molecular formula is C15H30N2O3. The fourth-order valence-corrected chi connectivity index (χ4v) is 2.33. The Bertz CT molecular complexity index is 308. The third kappa shape index (κ3) is 6.26. The number of carboxylic acids is 1. The minimum Gasteiger partial charge on any atom is -0.480 e. The molecule has 5 nitrogen and oxygen atoms in total. The van der Waals surface area contributed by atoms with E-state index in [4.69, 9.17) is 5.11 Å². The Morgan fingerprint density at radius 2 is 1.55 bits per heavy atom. The Labute approximate surface area is 122 Å². The Morgan fingerprint density at radius 3 is 1.90 bits per heavy atom. The summed E-state index contributed by atoms with van der Waals surface area (Å²) in [5, 5.41) is 14.5. The second-order valence-electron chi connectivity index (χ2n) is 6.21. The molecule has 0 radical (unpaired) electrons. The summed E-state index contributed by atoms with van der Waals surface area (Å²) < 4.78 is 0. The lowest BCUT2D eigenvalue weighted by molar-refractivity contribution is -0.140. The molecule has 0 aliphatic carbocycles. The Balaban J connectivity index is 4.43. The van der Waals surface area contributed by atoms with Crippen LogP contribution in [0.25, 0.3) is 0 Å². The lowest BCUT2D eigenvalue weighted by atomic mass is 9.85. The van der Waals surface area contributed by atoms with Crippen LogP contribution in [0.15, 0.2) is 0 Å². The number of hydrogen-bond acceptors (Lipinski definition) is 2. The molecule has 0 aromatic heterocycles. The van der Waals surface area contributed by atoms with Crippen molar-refractivity contribution < 1.29 is 14.7 Å². The van der Waals surface area contributed by atoms with E-state index in [9.17, 15) is 9.59 Å². The maximum absolute atomic E-state index is 11.8. The molecular weight excluding hydrogens is 256 g/mol. The first kappa shape index (κ1) is 18.7. The molecule has 0 heterocycles. The minimum atomic E-state index is -0.987. The van der Waals surface area contributed by atoms with E-state index in [1.807, 2.05) is 13.8 Å². The van der Waals surface area contributed by atoms with Crippen LogP contribution in [-0.4, -0.2) is 29.7 Å². The van der Waals surface area contributed by atoms with Crippen LogP contribution in [0.4, 0.5) is 4.79 Å². The van der Waals surface area contributed by atoms with E-state index in [1.165, 1.54) is 0 Å². The Kier molecular flexibility index (Phi) is 8.26. The summed E-state index contributed by atoms with van der Waals surface area (Å²) in [5.41, 5.74) is 0. The molecule has 0 saturated heterocycles. The molecule has 0 aromatic rings. The third-order valence-corrected chi connectivity index (χ3v) is 3.98. The predicted octanol–water partition coefficient (Wildman–Crippen LogP) is 2.71. The molecule has 118 valence electrons. The van der Waals surface area contributed by atoms with Crippen molar-refractivity contribution in [3.8, 4) is 0 Å². The first-order valence-corrected chi connectivity index (χ1v) is 7.47. The van der Waals surface area contributed by atoms with Gasteiger partial charge in [0, 0.05) is 6.54 Å². The van der Waals surface area contributed by atoms with Gasteiger partial charge >= 0.3 is 12.0 Å². The largest absolute Gasteiger partial charge is 0.480 e. The van der Waals surface area contributed by atoms with Crippen LogP contribution in [0, 0.1) is 23.7 Å². The van der Waals surface area contributed by atoms with Gasteiger partial charge in [0.25, 0.3) is 0 Å². The zero-order valence-electron chi connectivity index (χ0n) is 13.6. The van der Waals surface area contributed by atoms with Gasteiger partial charge in [0.15, 0.2) is 0 Å². The summed E-state index contributed by atoms with van der Waals surface area (Å²) in [4.78, 5) is 23.0. The highest BCUT2D eigenvalue weighted by molar-refractivity contribution is 5.82. The monoisotopic (exact) mass is 286 g/mol. The van der Waals surface area contributed by atoms with Crippen molar-refractivity contribution in [1.82, 2.24) is 10.6 Å². The lowest BCUT2D eigenvalue weighted by Gasteiger charge is -2.26. The molecule has 0 saturated carbocycles. The number of nitrogens with one attached hydrogen (secondary N) is 2. The molecule has 20 heavy (non-hydrogen) atoms. The van der Waals surface area contributed by atoms with E-state index < -0.39 is 18.0 Å². The summed E-state index contributed by atoms with van der Waals surface area (Å²) in [6.45, 7) is 12.8. The number of carboxylic acid groups (broad SMARTS) is 1. The molecule has 2 amide bonds. The fraction of sp³-hybridized carbons (Fsp3) is 0.867. The van der Waals surface area contributed by atoms with Crippen molar-refractivity contribution in [2.75, 3.05) is 6.54 Å². The van der Waals surface area contributed by atoms with Gasteiger partial charge in [-0.15, -0.1) is 0 Å². The van der Waals surface area contributed by atoms with Gasteiger partial charge in [0.2, 0.25) is 0 Å². The SMILES string of the molecule is CCC(C)C(NC(=O)NCC(C(C)C)C(C)C)C(=O)O. The van der Waals surface area contributed by atoms with Gasteiger partial charge in [-0.25, -0.2) is 9.59 Å². The molecule has 5 heteroatoms. The van der Waals surface area contributed by atoms with Crippen LogP contribution in [-0.2, 0) is 4.79 Å². The van der Waals surface area contributed by atoms with E-state index in [1.54, 1.807) is 0 Å². The van der Waals surface area contributed by atoms with Gasteiger partial charge in [-0.3, -0.25) is 0 Å². The topological polar surface area (TPSA) is 78.4 Å². The van der Waals surface area contributed by atoms with Crippen molar-refractivity contribution in [2.24, 2.45) is 23.7 Å². The van der Waals surface area contributed by atoms with Crippen molar-refractivity contribution in [1.29, 1.82) is 0 Å². The van der Waals surface area contributed by atoms with Crippen LogP contribution in [0.3, 0.4) is 0 Å². The van der Waals surface area contributed by atoms with E-state index in [2.05, 4.69) is 38.3 Å². The summed E-state index contributed by atoms with van der Waals surface area (Å²) in [6, 6.07) is -1.24. The van der Waals surface area contributed by atoms with Crippen molar-refractivity contribution in [2.45, 2.75) is 54.0 Å². The van der Waals surface area contributed by atoms with Gasteiger partial charge in [0.1, 0.15) is 6.04 Å². The molecule has 0 bridgehead atoms. The van der Waals surface area contributed by atoms with E-state index in [0.717, 1.165) is 0 Å². The first-order valence-electron chi connectivity index (χ1n) is 7.47. The predicted molar refractivity (Wildman–Crippen MR) is 80.6 cm³/mol. The van der Waals surface area contributed by atoms with Crippen LogP contribution in [0.2, 0.25) is 0 Å². The van der Waals surface area contributed by atoms with Gasteiger partial charge < -0.3 is 15.7 Å². The Morgan fingerprint density at radius 1 is 1.05 bits per heavy atom. The number of amides is 2. The molecule has 3 N–H and O–H groups in total. The normalized spacial score (nSPS) is 14.4. The van der Waals surface area contributed by atoms with E-state index >= 15 is 0 Å². The highest BCUT2D eigenvalue weighted by Gasteiger charge is 2.26. The quantitative estimate of drug-likeness (QED) is 0.642. The second-order valence-corrected chi connectivity index (χ2v) is 6.21. The zero-order valence-corrected chi connectivity index (χ0v) is 13.6. The van der Waals surface area contributed by atoms with Crippen LogP contribution >= 0.6 is 0 Å². The molecule has 0 fully saturated rings. The fourth-order valence-electron chi connectivity index (χ4n) is 2.33. The molecule has 0 spiro atoms. The molecule has 2 unspecified atom stereocenters. The average molecular weight is 286 g/mol. The number of hydrogen-bond donors (Lipinski definition) is 3. The standard InChI is InChI=1S/C15H30N2O3/c1-7-11(6)13(14(18)19)17-15(20)16-8-12(9(2)3)10(4)5/h9-13H,7-8H2,1-6H3,(H,18,19)(H2,16,17,20). The van der Waals surface area contributed by atoms with Crippen molar-refractivity contribution in [3.05, 3.63) is 0 Å². The van der Waals surface area contributed by atoms with Gasteiger partial charge in [0.05, 0.1) is 0 Å². The molecule has 0 rings (SSSR count). The first-order chi connectivity index (χ1) is 9.20. The Hall–Kier alpha value is -1.26. The molecule has 0 aliphatic rings. The summed E-state index contributed by atoms with van der Waals surface area (Å²) in [6.07, 6.45) is 0.706. The second kappa shape index (κ2) is 8.82. The van der Waals surface area contributed by atoms with Gasteiger partial charge in [-0.2, -0.15) is 0 Å². The molecule has 2 atom stereocenters. The lowest BCUT2D eigenvalue weighted by Crippen LogP contribution is -2.50. The van der Waals surface area contributed by atoms with Gasteiger partial charge in [-0.1, -0.05) is 48.0 Å². The number of carbonyl (C=O) groups is 2. The van der Waals surface area contributed by atoms with Crippen LogP contribution < -0.4 is 10.6 Å². The highest BCUT2D eigenvalue weighted by atomic mass is 16.4. The summed E-state index contributed by atoms with van der Waals surface area (Å²) in [7, 11) is 0. The number of aliphatic carboxylic acids is 1. The molecule has 0 aliphatic heterocycles. The van der Waals surface area contributed by atoms with E-state index in [-0.39, 0.29) is 5.92 Å². The average Bonchev–Trinajstić information content (AvgIpc) is 2.33. The highest BCUT2D eigenvalue weighted by Crippen LogP contribution is 2.19. The maximum Gasteiger partial charge on any atom is 0.326 e. The maximum atomic E-state index is 11.8. The summed E-state index contributed by atoms with van der Waals surface area (Å²) >= 11 is 0. The van der Waals surface area contributed by atoms with Gasteiger partial charge in [-0.05, 0) is 23.7 Å². The number of urea groups is 1. The third-order valence-electron chi connectivity index (χ3n) is 3.98. The summed E-state index contributed by atoms with van der Waals surface area (Å²) in [5.74, 6) is 0.246. The molecule has 0 aromatic carbocycles. The number of carbonyl (C=O) groups excluding carboxylic acids is 1. The van der Waals surface area contributed by atoms with Crippen molar-refractivity contribution in [3.63, 3.8) is 0 Å². The smallest absolute Gasteiger partial charge is 0.326 e. The minimum absolute atomic E-state index is 0.0933. The van der Waals surface area contributed by atoms with Crippen molar-refractivity contribution >= 4 is 12.0 Å². The zero-order chi connectivity index (χ0) is 15.9. The number of rotatable bonds is 8.